The molecule has 0 radical (unpaired) electrons. The van der Waals surface area contributed by atoms with Gasteiger partial charge in [0, 0.05) is 23.9 Å². The minimum atomic E-state index is -0.309. The highest BCUT2D eigenvalue weighted by Crippen LogP contribution is 2.37. The Hall–Kier alpha value is -4.10. The highest BCUT2D eigenvalue weighted by Gasteiger charge is 2.23. The van der Waals surface area contributed by atoms with Gasteiger partial charge in [-0.3, -0.25) is 4.79 Å². The molecule has 1 unspecified atom stereocenters. The molecule has 0 spiro atoms. The maximum atomic E-state index is 13.4. The van der Waals surface area contributed by atoms with Crippen LogP contribution < -0.4 is 10.1 Å². The number of fused-ring (bicyclic) bond motifs is 1. The zero-order chi connectivity index (χ0) is 24.4. The summed E-state index contributed by atoms with van der Waals surface area (Å²) in [5.41, 5.74) is 4.12. The lowest BCUT2D eigenvalue weighted by molar-refractivity contribution is 0.110. The van der Waals surface area contributed by atoms with Gasteiger partial charge in [0.25, 0.3) is 0 Å². The van der Waals surface area contributed by atoms with Crippen molar-refractivity contribution in [3.05, 3.63) is 101 Å². The highest BCUT2D eigenvalue weighted by atomic mass is 35.5. The van der Waals surface area contributed by atoms with Crippen LogP contribution >= 0.6 is 11.6 Å². The smallest absolute Gasteiger partial charge is 0.185 e. The molecular weight excluding hydrogens is 469 g/mol. The van der Waals surface area contributed by atoms with Gasteiger partial charge < -0.3 is 19.4 Å². The Kier molecular flexibility index (Phi) is 6.25. The molecule has 1 N–H and O–H groups in total. The number of hydrogen-bond acceptors (Lipinski definition) is 6. The van der Waals surface area contributed by atoms with Gasteiger partial charge in [0.1, 0.15) is 30.1 Å². The fraction of sp³-hybridized carbons (Fsp3) is 0.111. The second-order valence-corrected chi connectivity index (χ2v) is 8.52. The van der Waals surface area contributed by atoms with E-state index in [9.17, 15) is 9.18 Å². The molecule has 0 saturated carbocycles. The molecule has 1 aromatic heterocycles. The van der Waals surface area contributed by atoms with E-state index < -0.39 is 0 Å². The molecule has 176 valence electrons. The fourth-order valence-corrected chi connectivity index (χ4v) is 4.12. The van der Waals surface area contributed by atoms with Gasteiger partial charge in [-0.15, -0.1) is 0 Å². The van der Waals surface area contributed by atoms with Crippen LogP contribution in [0.1, 0.15) is 27.8 Å². The summed E-state index contributed by atoms with van der Waals surface area (Å²) in [4.78, 5) is 17.5. The first-order chi connectivity index (χ1) is 17.0. The van der Waals surface area contributed by atoms with E-state index in [0.29, 0.717) is 22.8 Å². The minimum Gasteiger partial charge on any atom is -0.487 e. The van der Waals surface area contributed by atoms with Crippen molar-refractivity contribution >= 4 is 35.6 Å². The largest absolute Gasteiger partial charge is 0.487 e. The number of aldehydes is 1. The molecular formula is C27H21ClFN3O3. The monoisotopic (exact) mass is 489 g/mol. The predicted molar refractivity (Wildman–Crippen MR) is 134 cm³/mol. The third-order valence-corrected chi connectivity index (χ3v) is 5.95. The molecule has 0 bridgehead atoms. The number of carbonyl (C=O) groups excluding carboxylic acids is 1. The number of ether oxygens (including phenoxy) is 1. The normalized spacial score (nSPS) is 14.5. The van der Waals surface area contributed by atoms with Gasteiger partial charge in [-0.05, 0) is 66.2 Å². The number of aliphatic imine (C=N–C) groups is 1. The van der Waals surface area contributed by atoms with E-state index in [0.717, 1.165) is 28.1 Å². The minimum absolute atomic E-state index is 0.209. The molecule has 0 fully saturated rings. The van der Waals surface area contributed by atoms with Crippen LogP contribution in [-0.2, 0) is 6.61 Å². The maximum Gasteiger partial charge on any atom is 0.185 e. The second kappa shape index (κ2) is 9.64. The quantitative estimate of drug-likeness (QED) is 0.288. The SMILES string of the molecule is CN1C=Nc2ccc(-c3ccc(C=O)o3)cc2C1Nc1ccc(OCc2cccc(F)c2)c(Cl)c1. The lowest BCUT2D eigenvalue weighted by Gasteiger charge is -2.32. The van der Waals surface area contributed by atoms with Gasteiger partial charge in [-0.25, -0.2) is 9.38 Å². The van der Waals surface area contributed by atoms with Gasteiger partial charge in [0.05, 0.1) is 17.0 Å². The van der Waals surface area contributed by atoms with E-state index in [4.69, 9.17) is 20.8 Å². The first kappa shape index (κ1) is 22.7. The number of furan rings is 1. The van der Waals surface area contributed by atoms with E-state index in [1.165, 1.54) is 12.1 Å². The zero-order valence-electron chi connectivity index (χ0n) is 18.7. The first-order valence-electron chi connectivity index (χ1n) is 10.9. The van der Waals surface area contributed by atoms with Crippen molar-refractivity contribution in [3.63, 3.8) is 0 Å². The summed E-state index contributed by atoms with van der Waals surface area (Å²) in [6, 6.07) is 20.9. The standard InChI is InChI=1S/C27H21ClFN3O3/c1-32-16-30-24-8-5-18(25-10-7-21(14-33)35-25)12-22(24)27(32)31-20-6-9-26(23(28)13-20)34-15-17-3-2-4-19(29)11-17/h2-14,16,27,31H,15H2,1H3. The maximum absolute atomic E-state index is 13.4. The average Bonchev–Trinajstić information content (AvgIpc) is 3.34. The van der Waals surface area contributed by atoms with Crippen molar-refractivity contribution in [1.82, 2.24) is 4.90 Å². The second-order valence-electron chi connectivity index (χ2n) is 8.11. The number of nitrogens with zero attached hydrogens (tertiary/aromatic N) is 2. The summed E-state index contributed by atoms with van der Waals surface area (Å²) in [6.45, 7) is 0.209. The molecule has 1 aliphatic rings. The third-order valence-electron chi connectivity index (χ3n) is 5.65. The Balaban J connectivity index is 1.36. The summed E-state index contributed by atoms with van der Waals surface area (Å²) >= 11 is 6.48. The van der Waals surface area contributed by atoms with E-state index >= 15 is 0 Å². The van der Waals surface area contributed by atoms with Crippen LogP contribution in [0.5, 0.6) is 5.75 Å². The van der Waals surface area contributed by atoms with Crippen LogP contribution in [0.15, 0.2) is 82.2 Å². The Labute approximate surface area is 206 Å². The zero-order valence-corrected chi connectivity index (χ0v) is 19.5. The van der Waals surface area contributed by atoms with Crippen LogP contribution in [0.4, 0.5) is 15.8 Å². The molecule has 0 aliphatic carbocycles. The molecule has 1 aliphatic heterocycles. The van der Waals surface area contributed by atoms with Crippen LogP contribution in [-0.4, -0.2) is 24.6 Å². The highest BCUT2D eigenvalue weighted by molar-refractivity contribution is 6.32. The number of carbonyl (C=O) groups is 1. The molecule has 8 heteroatoms. The summed E-state index contributed by atoms with van der Waals surface area (Å²) in [5, 5.41) is 3.92. The van der Waals surface area contributed by atoms with Crippen LogP contribution in [0.25, 0.3) is 11.3 Å². The number of rotatable bonds is 7. The van der Waals surface area contributed by atoms with Gasteiger partial charge >= 0.3 is 0 Å². The Morgan fingerprint density at radius 3 is 2.80 bits per heavy atom. The average molecular weight is 490 g/mol. The summed E-state index contributed by atoms with van der Waals surface area (Å²) < 4.78 is 24.8. The van der Waals surface area contributed by atoms with Gasteiger partial charge in [-0.1, -0.05) is 23.7 Å². The van der Waals surface area contributed by atoms with Crippen molar-refractivity contribution < 1.29 is 18.3 Å². The Morgan fingerprint density at radius 2 is 2.03 bits per heavy atom. The van der Waals surface area contributed by atoms with Gasteiger partial charge in [-0.2, -0.15) is 0 Å². The first-order valence-corrected chi connectivity index (χ1v) is 11.3. The lowest BCUT2D eigenvalue weighted by atomic mass is 10.0. The van der Waals surface area contributed by atoms with Crippen molar-refractivity contribution in [2.24, 2.45) is 4.99 Å². The molecule has 0 saturated heterocycles. The Morgan fingerprint density at radius 1 is 1.14 bits per heavy atom. The molecule has 5 rings (SSSR count). The van der Waals surface area contributed by atoms with Gasteiger partial charge in [0.15, 0.2) is 12.0 Å². The van der Waals surface area contributed by atoms with E-state index in [2.05, 4.69) is 10.3 Å². The third kappa shape index (κ3) is 4.90. The van der Waals surface area contributed by atoms with E-state index in [1.807, 2.05) is 36.2 Å². The van der Waals surface area contributed by atoms with Crippen LogP contribution in [0, 0.1) is 5.82 Å². The number of nitrogens with one attached hydrogen (secondary N) is 1. The molecule has 2 heterocycles. The molecule has 1 atom stereocenters. The van der Waals surface area contributed by atoms with Crippen LogP contribution in [0.3, 0.4) is 0 Å². The van der Waals surface area contributed by atoms with Crippen molar-refractivity contribution in [2.45, 2.75) is 12.8 Å². The number of hydrogen-bond donors (Lipinski definition) is 1. The van der Waals surface area contributed by atoms with Gasteiger partial charge in [0.2, 0.25) is 0 Å². The predicted octanol–water partition coefficient (Wildman–Crippen LogP) is 6.85. The lowest BCUT2D eigenvalue weighted by Crippen LogP contribution is -2.31. The van der Waals surface area contributed by atoms with E-state index in [1.54, 1.807) is 42.7 Å². The van der Waals surface area contributed by atoms with Crippen molar-refractivity contribution in [2.75, 3.05) is 12.4 Å². The molecule has 0 amide bonds. The fourth-order valence-electron chi connectivity index (χ4n) is 3.89. The number of benzene rings is 3. The summed E-state index contributed by atoms with van der Waals surface area (Å²) in [7, 11) is 1.92. The summed E-state index contributed by atoms with van der Waals surface area (Å²) in [5.74, 6) is 1.08. The van der Waals surface area contributed by atoms with Crippen LogP contribution in [0.2, 0.25) is 5.02 Å². The topological polar surface area (TPSA) is 67.1 Å². The molecule has 6 nitrogen and oxygen atoms in total. The summed E-state index contributed by atoms with van der Waals surface area (Å²) in [6.07, 6.45) is 2.22. The van der Waals surface area contributed by atoms with E-state index in [-0.39, 0.29) is 24.4 Å². The Bertz CT molecular complexity index is 1420. The number of anilines is 1. The number of halogens is 2. The van der Waals surface area contributed by atoms with Crippen molar-refractivity contribution in [1.29, 1.82) is 0 Å². The molecule has 3 aromatic carbocycles. The van der Waals surface area contributed by atoms with Crippen molar-refractivity contribution in [3.8, 4) is 17.1 Å². The molecule has 4 aromatic rings. The molecule has 35 heavy (non-hydrogen) atoms.